The molecule has 3 rings (SSSR count). The van der Waals surface area contributed by atoms with Crippen LogP contribution in [0.4, 0.5) is 0 Å². The highest BCUT2D eigenvalue weighted by Crippen LogP contribution is 2.35. The second-order valence-electron chi connectivity index (χ2n) is 5.84. The van der Waals surface area contributed by atoms with Crippen LogP contribution in [0.3, 0.4) is 0 Å². The molecule has 17 heavy (non-hydrogen) atoms. The number of carbonyl (C=O) groups is 1. The second-order valence-corrected chi connectivity index (χ2v) is 5.84. The highest BCUT2D eigenvalue weighted by Gasteiger charge is 2.40. The van der Waals surface area contributed by atoms with Crippen molar-refractivity contribution in [3.63, 3.8) is 0 Å². The molecule has 1 saturated carbocycles. The number of nitrogens with zero attached hydrogens (tertiary/aromatic N) is 1. The summed E-state index contributed by atoms with van der Waals surface area (Å²) in [6.45, 7) is 1.21. The fourth-order valence-electron chi connectivity index (χ4n) is 3.98. The van der Waals surface area contributed by atoms with E-state index in [1.807, 2.05) is 0 Å². The quantitative estimate of drug-likeness (QED) is 0.683. The molecule has 1 aliphatic heterocycles. The molecule has 0 radical (unpaired) electrons. The molecule has 0 aromatic rings. The van der Waals surface area contributed by atoms with E-state index in [1.165, 1.54) is 38.6 Å². The summed E-state index contributed by atoms with van der Waals surface area (Å²) in [4.78, 5) is 14.6. The summed E-state index contributed by atoms with van der Waals surface area (Å²) < 4.78 is 0. The summed E-state index contributed by atoms with van der Waals surface area (Å²) in [5, 5.41) is 0. The smallest absolute Gasteiger partial charge is 0.137 e. The highest BCUT2D eigenvalue weighted by atomic mass is 16.1. The maximum atomic E-state index is 11.9. The summed E-state index contributed by atoms with van der Waals surface area (Å²) in [7, 11) is 0. The third-order valence-electron chi connectivity index (χ3n) is 4.81. The summed E-state index contributed by atoms with van der Waals surface area (Å²) in [6, 6.07) is 1.20. The van der Waals surface area contributed by atoms with Crippen LogP contribution in [-0.4, -0.2) is 29.3 Å². The average Bonchev–Trinajstić information content (AvgIpc) is 2.98. The van der Waals surface area contributed by atoms with E-state index in [9.17, 15) is 4.79 Å². The molecule has 2 fully saturated rings. The van der Waals surface area contributed by atoms with Gasteiger partial charge < -0.3 is 0 Å². The maximum absolute atomic E-state index is 11.9. The molecule has 94 valence electrons. The predicted molar refractivity (Wildman–Crippen MR) is 68.9 cm³/mol. The molecule has 2 aliphatic carbocycles. The summed E-state index contributed by atoms with van der Waals surface area (Å²) in [5.74, 6) is 0.912. The lowest BCUT2D eigenvalue weighted by molar-refractivity contribution is -0.122. The van der Waals surface area contributed by atoms with Crippen LogP contribution >= 0.6 is 0 Å². The van der Waals surface area contributed by atoms with Crippen molar-refractivity contribution >= 4 is 5.78 Å². The van der Waals surface area contributed by atoms with Gasteiger partial charge in [0, 0.05) is 24.4 Å². The third-order valence-corrected chi connectivity index (χ3v) is 4.81. The van der Waals surface area contributed by atoms with Gasteiger partial charge in [0.05, 0.1) is 0 Å². The Balaban J connectivity index is 1.72. The average molecular weight is 233 g/mol. The van der Waals surface area contributed by atoms with Crippen molar-refractivity contribution in [2.24, 2.45) is 5.92 Å². The third kappa shape index (κ3) is 2.20. The summed E-state index contributed by atoms with van der Waals surface area (Å²) in [5.41, 5.74) is 0. The lowest BCUT2D eigenvalue weighted by Crippen LogP contribution is -2.43. The van der Waals surface area contributed by atoms with Crippen LogP contribution in [0.2, 0.25) is 0 Å². The van der Waals surface area contributed by atoms with E-state index in [1.54, 1.807) is 0 Å². The Morgan fingerprint density at radius 1 is 1.12 bits per heavy atom. The van der Waals surface area contributed by atoms with Crippen LogP contribution in [-0.2, 0) is 4.79 Å². The molecule has 3 atom stereocenters. The van der Waals surface area contributed by atoms with Crippen molar-refractivity contribution < 1.29 is 4.79 Å². The van der Waals surface area contributed by atoms with Gasteiger partial charge in [-0.3, -0.25) is 9.69 Å². The van der Waals surface area contributed by atoms with Crippen LogP contribution in [0.15, 0.2) is 12.2 Å². The molecule has 2 heteroatoms. The first kappa shape index (κ1) is 11.5. The van der Waals surface area contributed by atoms with Gasteiger partial charge in [-0.05, 0) is 51.5 Å². The van der Waals surface area contributed by atoms with Crippen molar-refractivity contribution in [1.82, 2.24) is 4.90 Å². The molecule has 1 saturated heterocycles. The Bertz CT molecular complexity index is 323. The van der Waals surface area contributed by atoms with Gasteiger partial charge in [0.2, 0.25) is 0 Å². The van der Waals surface area contributed by atoms with E-state index in [0.29, 0.717) is 23.8 Å². The Hall–Kier alpha value is -0.630. The van der Waals surface area contributed by atoms with E-state index >= 15 is 0 Å². The number of allylic oxidation sites excluding steroid dienone is 1. The van der Waals surface area contributed by atoms with Crippen molar-refractivity contribution in [2.45, 2.75) is 63.5 Å². The zero-order valence-electron chi connectivity index (χ0n) is 10.6. The largest absolute Gasteiger partial charge is 0.299 e. The first-order valence-electron chi connectivity index (χ1n) is 7.31. The molecule has 0 amide bonds. The van der Waals surface area contributed by atoms with Crippen LogP contribution in [0, 0.1) is 5.92 Å². The zero-order chi connectivity index (χ0) is 11.7. The molecule has 0 bridgehead atoms. The van der Waals surface area contributed by atoms with Gasteiger partial charge in [-0.25, -0.2) is 0 Å². The highest BCUT2D eigenvalue weighted by molar-refractivity contribution is 5.83. The van der Waals surface area contributed by atoms with E-state index in [4.69, 9.17) is 0 Å². The monoisotopic (exact) mass is 233 g/mol. The molecule has 0 N–H and O–H groups in total. The number of rotatable bonds is 2. The number of hydrogen-bond donors (Lipinski definition) is 0. The molecule has 0 spiro atoms. The van der Waals surface area contributed by atoms with E-state index < -0.39 is 0 Å². The first-order chi connectivity index (χ1) is 8.36. The summed E-state index contributed by atoms with van der Waals surface area (Å²) in [6.07, 6.45) is 14.3. The Morgan fingerprint density at radius 2 is 2.06 bits per heavy atom. The molecule has 3 unspecified atom stereocenters. The molecule has 0 aromatic carbocycles. The molecule has 1 heterocycles. The van der Waals surface area contributed by atoms with Gasteiger partial charge in [-0.1, -0.05) is 12.2 Å². The van der Waals surface area contributed by atoms with Crippen LogP contribution in [0.25, 0.3) is 0 Å². The van der Waals surface area contributed by atoms with Gasteiger partial charge in [0.1, 0.15) is 5.78 Å². The zero-order valence-corrected chi connectivity index (χ0v) is 10.6. The normalized spacial score (nSPS) is 39.1. The van der Waals surface area contributed by atoms with Crippen LogP contribution in [0.1, 0.15) is 51.4 Å². The number of ketones is 1. The van der Waals surface area contributed by atoms with Gasteiger partial charge in [0.15, 0.2) is 0 Å². The van der Waals surface area contributed by atoms with Crippen molar-refractivity contribution in [3.05, 3.63) is 12.2 Å². The van der Waals surface area contributed by atoms with Gasteiger partial charge in [0.25, 0.3) is 0 Å². The lowest BCUT2D eigenvalue weighted by atomic mass is 9.92. The fourth-order valence-corrected chi connectivity index (χ4v) is 3.98. The van der Waals surface area contributed by atoms with Crippen LogP contribution < -0.4 is 0 Å². The van der Waals surface area contributed by atoms with Gasteiger partial charge >= 0.3 is 0 Å². The minimum atomic E-state index is 0.368. The molecular weight excluding hydrogens is 210 g/mol. The van der Waals surface area contributed by atoms with Crippen molar-refractivity contribution in [1.29, 1.82) is 0 Å². The minimum Gasteiger partial charge on any atom is -0.299 e. The molecule has 3 aliphatic rings. The lowest BCUT2D eigenvalue weighted by Gasteiger charge is -2.35. The van der Waals surface area contributed by atoms with E-state index in [-0.39, 0.29) is 0 Å². The molecule has 0 aromatic heterocycles. The molecular formula is C15H23NO. The number of Topliss-reactive ketones (excluding diaryl/α,β-unsaturated/α-hetero) is 1. The number of hydrogen-bond acceptors (Lipinski definition) is 2. The van der Waals surface area contributed by atoms with Crippen LogP contribution in [0.5, 0.6) is 0 Å². The van der Waals surface area contributed by atoms with Gasteiger partial charge in [-0.15, -0.1) is 0 Å². The molecule has 2 nitrogen and oxygen atoms in total. The predicted octanol–water partition coefficient (Wildman–Crippen LogP) is 2.93. The van der Waals surface area contributed by atoms with E-state index in [2.05, 4.69) is 17.1 Å². The number of likely N-dealkylation sites (tertiary alicyclic amines) is 1. The maximum Gasteiger partial charge on any atom is 0.137 e. The second kappa shape index (κ2) is 4.93. The Kier molecular flexibility index (Phi) is 3.32. The topological polar surface area (TPSA) is 20.3 Å². The van der Waals surface area contributed by atoms with Crippen molar-refractivity contribution in [2.75, 3.05) is 6.54 Å². The van der Waals surface area contributed by atoms with E-state index in [0.717, 1.165) is 19.3 Å². The Morgan fingerprint density at radius 3 is 2.76 bits per heavy atom. The Labute approximate surface area is 104 Å². The standard InChI is InChI=1S/C15H23NO/c17-15-10-4-8-13(15)14-9-5-11-16(14)12-6-2-1-3-7-12/h2,6,12-14H,1,3-5,7-11H2. The van der Waals surface area contributed by atoms with Gasteiger partial charge in [-0.2, -0.15) is 0 Å². The minimum absolute atomic E-state index is 0.368. The summed E-state index contributed by atoms with van der Waals surface area (Å²) >= 11 is 0. The number of carbonyl (C=O) groups excluding carboxylic acids is 1. The fraction of sp³-hybridized carbons (Fsp3) is 0.800. The first-order valence-corrected chi connectivity index (χ1v) is 7.31. The van der Waals surface area contributed by atoms with Crippen molar-refractivity contribution in [3.8, 4) is 0 Å². The SMILES string of the molecule is O=C1CCCC1C1CCCN1C1C=CCCC1.